The first-order chi connectivity index (χ1) is 13.2. The summed E-state index contributed by atoms with van der Waals surface area (Å²) in [4.78, 5) is 12.7. The third-order valence-corrected chi connectivity index (χ3v) is 4.23. The van der Waals surface area contributed by atoms with Crippen LogP contribution in [-0.2, 0) is 0 Å². The smallest absolute Gasteiger partial charge is 0.258 e. The fourth-order valence-electron chi connectivity index (χ4n) is 2.87. The normalized spacial score (nSPS) is 10.5. The molecule has 0 atom stereocenters. The first-order valence-corrected chi connectivity index (χ1v) is 8.59. The van der Waals surface area contributed by atoms with Crippen molar-refractivity contribution in [2.24, 2.45) is 0 Å². The van der Waals surface area contributed by atoms with E-state index in [4.69, 9.17) is 10.8 Å². The van der Waals surface area contributed by atoms with E-state index in [2.05, 4.69) is 5.32 Å². The van der Waals surface area contributed by atoms with Gasteiger partial charge in [0.1, 0.15) is 5.82 Å². The summed E-state index contributed by atoms with van der Waals surface area (Å²) in [5.74, 6) is 0.304. The van der Waals surface area contributed by atoms with Gasteiger partial charge in [-0.1, -0.05) is 60.7 Å². The number of amides is 1. The second-order valence-corrected chi connectivity index (χ2v) is 6.07. The summed E-state index contributed by atoms with van der Waals surface area (Å²) in [5, 5.41) is 7.63. The van der Waals surface area contributed by atoms with Gasteiger partial charge in [-0.15, -0.1) is 0 Å². The number of rotatable bonds is 4. The molecular formula is C22H18N4O. The van der Waals surface area contributed by atoms with Crippen molar-refractivity contribution >= 4 is 17.4 Å². The summed E-state index contributed by atoms with van der Waals surface area (Å²) < 4.78 is 1.72. The highest BCUT2D eigenvalue weighted by molar-refractivity contribution is 6.07. The van der Waals surface area contributed by atoms with Gasteiger partial charge in [0.2, 0.25) is 0 Å². The van der Waals surface area contributed by atoms with Crippen molar-refractivity contribution in [1.29, 1.82) is 0 Å². The van der Waals surface area contributed by atoms with Crippen LogP contribution >= 0.6 is 0 Å². The number of aromatic nitrogens is 2. The minimum atomic E-state index is -0.273. The molecule has 0 saturated heterocycles. The predicted octanol–water partition coefficient (Wildman–Crippen LogP) is 4.37. The van der Waals surface area contributed by atoms with E-state index < -0.39 is 0 Å². The fraction of sp³-hybridized carbons (Fsp3) is 0. The van der Waals surface area contributed by atoms with Gasteiger partial charge in [0.05, 0.1) is 16.9 Å². The monoisotopic (exact) mass is 354 g/mol. The Hall–Kier alpha value is -3.86. The van der Waals surface area contributed by atoms with Gasteiger partial charge in [0.15, 0.2) is 0 Å². The van der Waals surface area contributed by atoms with Crippen molar-refractivity contribution in [2.45, 2.75) is 0 Å². The molecule has 0 fully saturated rings. The summed E-state index contributed by atoms with van der Waals surface area (Å²) in [7, 11) is 0. The van der Waals surface area contributed by atoms with E-state index in [-0.39, 0.29) is 5.91 Å². The lowest BCUT2D eigenvalue weighted by molar-refractivity contribution is 0.102. The van der Waals surface area contributed by atoms with Gasteiger partial charge < -0.3 is 11.1 Å². The van der Waals surface area contributed by atoms with Crippen molar-refractivity contribution < 1.29 is 4.79 Å². The largest absolute Gasteiger partial charge is 0.398 e. The molecule has 1 heterocycles. The number of nitrogens with zero attached hydrogens (tertiary/aromatic N) is 2. The molecular weight excluding hydrogens is 336 g/mol. The lowest BCUT2D eigenvalue weighted by Crippen LogP contribution is -2.16. The number of carbonyl (C=O) groups excluding carboxylic acids is 1. The van der Waals surface area contributed by atoms with Crippen LogP contribution in [0.25, 0.3) is 16.9 Å². The molecule has 0 aliphatic carbocycles. The van der Waals surface area contributed by atoms with Crippen LogP contribution in [0.4, 0.5) is 11.5 Å². The Bertz CT molecular complexity index is 1070. The fourth-order valence-corrected chi connectivity index (χ4v) is 2.87. The molecule has 5 nitrogen and oxygen atoms in total. The zero-order valence-electron chi connectivity index (χ0n) is 14.5. The van der Waals surface area contributed by atoms with E-state index >= 15 is 0 Å². The minimum Gasteiger partial charge on any atom is -0.398 e. The van der Waals surface area contributed by atoms with Crippen molar-refractivity contribution in [1.82, 2.24) is 9.78 Å². The van der Waals surface area contributed by atoms with Crippen molar-refractivity contribution in [3.8, 4) is 16.9 Å². The molecule has 1 amide bonds. The lowest BCUT2D eigenvalue weighted by Gasteiger charge is -2.10. The van der Waals surface area contributed by atoms with Gasteiger partial charge in [-0.2, -0.15) is 5.10 Å². The molecule has 0 bridgehead atoms. The third kappa shape index (κ3) is 3.43. The van der Waals surface area contributed by atoms with Crippen LogP contribution < -0.4 is 11.1 Å². The quantitative estimate of drug-likeness (QED) is 0.534. The van der Waals surface area contributed by atoms with Crippen LogP contribution in [0.2, 0.25) is 0 Å². The van der Waals surface area contributed by atoms with Crippen LogP contribution in [0.5, 0.6) is 0 Å². The van der Waals surface area contributed by atoms with Gasteiger partial charge in [-0.25, -0.2) is 4.68 Å². The number of hydrogen-bond acceptors (Lipinski definition) is 3. The number of anilines is 2. The van der Waals surface area contributed by atoms with Crippen LogP contribution in [0, 0.1) is 0 Å². The molecule has 0 saturated carbocycles. The highest BCUT2D eigenvalue weighted by atomic mass is 16.1. The SMILES string of the molecule is Nc1ccccc1C(=O)Nc1cc(-c2ccccc2)nn1-c1ccccc1. The maximum absolute atomic E-state index is 12.7. The molecule has 3 N–H and O–H groups in total. The maximum Gasteiger partial charge on any atom is 0.258 e. The average Bonchev–Trinajstić information content (AvgIpc) is 3.13. The second kappa shape index (κ2) is 7.17. The van der Waals surface area contributed by atoms with Crippen LogP contribution in [0.3, 0.4) is 0 Å². The van der Waals surface area contributed by atoms with Gasteiger partial charge >= 0.3 is 0 Å². The molecule has 3 aromatic carbocycles. The molecule has 5 heteroatoms. The Balaban J connectivity index is 1.76. The number of nitrogen functional groups attached to an aromatic ring is 1. The molecule has 1 aromatic heterocycles. The highest BCUT2D eigenvalue weighted by Crippen LogP contribution is 2.25. The molecule has 4 aromatic rings. The topological polar surface area (TPSA) is 72.9 Å². The summed E-state index contributed by atoms with van der Waals surface area (Å²) in [6, 6.07) is 28.4. The van der Waals surface area contributed by atoms with Crippen LogP contribution in [0.15, 0.2) is 91.0 Å². The van der Waals surface area contributed by atoms with Crippen molar-refractivity contribution in [3.05, 3.63) is 96.6 Å². The predicted molar refractivity (Wildman–Crippen MR) is 108 cm³/mol. The Morgan fingerprint density at radius 1 is 0.852 bits per heavy atom. The zero-order valence-corrected chi connectivity index (χ0v) is 14.5. The molecule has 0 spiro atoms. The molecule has 0 unspecified atom stereocenters. The number of carbonyl (C=O) groups is 1. The third-order valence-electron chi connectivity index (χ3n) is 4.23. The molecule has 0 aliphatic rings. The van der Waals surface area contributed by atoms with Crippen LogP contribution in [-0.4, -0.2) is 15.7 Å². The summed E-state index contributed by atoms with van der Waals surface area (Å²) in [6.45, 7) is 0. The average molecular weight is 354 g/mol. The van der Waals surface area contributed by atoms with Crippen molar-refractivity contribution in [3.63, 3.8) is 0 Å². The van der Waals surface area contributed by atoms with Crippen molar-refractivity contribution in [2.75, 3.05) is 11.1 Å². The van der Waals surface area contributed by atoms with Gasteiger partial charge in [-0.05, 0) is 24.3 Å². The minimum absolute atomic E-state index is 0.273. The van der Waals surface area contributed by atoms with E-state index in [1.807, 2.05) is 66.7 Å². The highest BCUT2D eigenvalue weighted by Gasteiger charge is 2.16. The Kier molecular flexibility index (Phi) is 4.41. The number of nitrogens with two attached hydrogens (primary N) is 1. The van der Waals surface area contributed by atoms with Gasteiger partial charge in [0.25, 0.3) is 5.91 Å². The van der Waals surface area contributed by atoms with E-state index in [9.17, 15) is 4.79 Å². The van der Waals surface area contributed by atoms with E-state index in [1.54, 1.807) is 28.9 Å². The first kappa shape index (κ1) is 16.6. The Morgan fingerprint density at radius 3 is 2.19 bits per heavy atom. The van der Waals surface area contributed by atoms with E-state index in [0.717, 1.165) is 16.9 Å². The molecule has 4 rings (SSSR count). The zero-order chi connectivity index (χ0) is 18.6. The summed E-state index contributed by atoms with van der Waals surface area (Å²) in [5.41, 5.74) is 9.41. The van der Waals surface area contributed by atoms with E-state index in [1.165, 1.54) is 0 Å². The molecule has 27 heavy (non-hydrogen) atoms. The Labute approximate surface area is 157 Å². The van der Waals surface area contributed by atoms with Gasteiger partial charge in [-0.3, -0.25) is 4.79 Å². The summed E-state index contributed by atoms with van der Waals surface area (Å²) >= 11 is 0. The molecule has 0 radical (unpaired) electrons. The Morgan fingerprint density at radius 2 is 1.48 bits per heavy atom. The molecule has 0 aliphatic heterocycles. The molecule has 132 valence electrons. The second-order valence-electron chi connectivity index (χ2n) is 6.07. The maximum atomic E-state index is 12.7. The number of benzene rings is 3. The number of nitrogens with one attached hydrogen (secondary N) is 1. The van der Waals surface area contributed by atoms with Gasteiger partial charge in [0, 0.05) is 17.3 Å². The lowest BCUT2D eigenvalue weighted by atomic mass is 10.1. The number of para-hydroxylation sites is 2. The first-order valence-electron chi connectivity index (χ1n) is 8.59. The standard InChI is InChI=1S/C22H18N4O/c23-19-14-8-7-13-18(19)22(27)24-21-15-20(16-9-3-1-4-10-16)25-26(21)17-11-5-2-6-12-17/h1-15H,23H2,(H,24,27). The van der Waals surface area contributed by atoms with Crippen LogP contribution in [0.1, 0.15) is 10.4 Å². The van der Waals surface area contributed by atoms with E-state index in [0.29, 0.717) is 17.1 Å². The number of hydrogen-bond donors (Lipinski definition) is 2. The summed E-state index contributed by atoms with van der Waals surface area (Å²) in [6.07, 6.45) is 0.